The summed E-state index contributed by atoms with van der Waals surface area (Å²) in [7, 11) is 0. The summed E-state index contributed by atoms with van der Waals surface area (Å²) in [6.07, 6.45) is -24.9. The SMILES string of the molecule is [2H]c1c([2H])c(Cl)c(Cl)c(N2C([2H])([2H])C([2H])([2H])N(C([2H])([2H])C([2H])([2H])C3([2H])C([2H])([2H])C([2H])([2H])C([2H])(NC(=O)N(C([2H])([2H])[2H])C([2H])([2H])[2H])C([2H])([2H])C3([2H])[2H])C([2H])([2H])C2([2H])[2H])c1[2H]. The lowest BCUT2D eigenvalue weighted by molar-refractivity contribution is 0.194. The lowest BCUT2D eigenvalue weighted by atomic mass is 9.84. The third-order valence-corrected chi connectivity index (χ3v) is 3.63. The van der Waals surface area contributed by atoms with Crippen molar-refractivity contribution >= 4 is 34.9 Å². The van der Waals surface area contributed by atoms with Crippen LogP contribution in [0.3, 0.4) is 0 Å². The van der Waals surface area contributed by atoms with E-state index in [0.717, 1.165) is 5.32 Å². The molecule has 1 saturated carbocycles. The standard InChI is InChI=1S/C21H32Cl2N4O/c1-25(2)21(28)24-17-8-6-16(7-9-17)10-11-26-12-14-27(15-13-26)19-5-3-4-18(22)20(19)23/h3-5,16-17H,6-15H2,1-2H3,(H,24,28)/i1D3,2D3,3D,4D,5D,6D2,7D2,8D2,9D2,10D2,11D2,12D2,13D2,14D2,15D2,16D,17D. The number of rotatable bonds is 5. The van der Waals surface area contributed by atoms with E-state index in [9.17, 15) is 4.79 Å². The van der Waals surface area contributed by atoms with E-state index in [1.807, 2.05) is 0 Å². The Labute approximate surface area is 222 Å². The molecule has 1 heterocycles. The number of piperazine rings is 1. The fraction of sp³-hybridized carbons (Fsp3) is 0.667. The zero-order valence-corrected chi connectivity index (χ0v) is 15.0. The van der Waals surface area contributed by atoms with E-state index >= 15 is 0 Å². The first-order chi connectivity index (χ1) is 25.4. The number of hydrogen-bond acceptors (Lipinski definition) is 3. The molecular formula is C21H32Cl2N4O. The van der Waals surface area contributed by atoms with Crippen LogP contribution in [0.2, 0.25) is 10.0 Å². The van der Waals surface area contributed by atoms with Crippen molar-refractivity contribution in [2.45, 2.75) is 37.9 Å². The van der Waals surface area contributed by atoms with Gasteiger partial charge in [0.15, 0.2) is 0 Å². The Morgan fingerprint density at radius 2 is 2.04 bits per heavy atom. The van der Waals surface area contributed by atoms with Gasteiger partial charge in [-0.2, -0.15) is 0 Å². The molecule has 1 aromatic carbocycles. The van der Waals surface area contributed by atoms with Gasteiger partial charge in [0.05, 0.1) is 26.7 Å². The van der Waals surface area contributed by atoms with Crippen molar-refractivity contribution in [2.75, 3.05) is 51.3 Å². The minimum Gasteiger partial charge on any atom is -0.368 e. The molecule has 2 fully saturated rings. The highest BCUT2D eigenvalue weighted by molar-refractivity contribution is 6.43. The third-order valence-electron chi connectivity index (χ3n) is 2.88. The Bertz CT molecular complexity index is 1790. The molecule has 0 radical (unpaired) electrons. The van der Waals surface area contributed by atoms with Crippen LogP contribution in [-0.2, 0) is 0 Å². The summed E-state index contributed by atoms with van der Waals surface area (Å²) in [5, 5.41) is -1.10. The summed E-state index contributed by atoms with van der Waals surface area (Å²) in [5.41, 5.74) is -1.40. The van der Waals surface area contributed by atoms with E-state index in [4.69, 9.17) is 65.7 Å². The number of carbonyl (C=O) groups excluding carboxylic acids is 1. The number of carbonyl (C=O) groups is 1. The predicted molar refractivity (Wildman–Crippen MR) is 118 cm³/mol. The monoisotopic (exact) mass is 457 g/mol. The minimum absolute atomic E-state index is 0.554. The van der Waals surface area contributed by atoms with Crippen LogP contribution in [0.1, 0.15) is 74.4 Å². The Hall–Kier alpha value is -1.17. The van der Waals surface area contributed by atoms with E-state index in [-0.39, 0.29) is 0 Å². The van der Waals surface area contributed by atoms with Crippen LogP contribution < -0.4 is 10.2 Å². The molecule has 1 aliphatic carbocycles. The number of halogens is 2. The average molecular weight is 459 g/mol. The van der Waals surface area contributed by atoms with Gasteiger partial charge in [-0.3, -0.25) is 4.90 Å². The predicted octanol–water partition coefficient (Wildman–Crippen LogP) is 4.34. The van der Waals surface area contributed by atoms with Crippen LogP contribution in [-0.4, -0.2) is 68.3 Å². The van der Waals surface area contributed by atoms with Gasteiger partial charge < -0.3 is 15.1 Å². The molecule has 3 rings (SSSR count). The van der Waals surface area contributed by atoms with Gasteiger partial charge in [-0.25, -0.2) is 4.79 Å². The fourth-order valence-electron chi connectivity index (χ4n) is 1.65. The van der Waals surface area contributed by atoms with Crippen molar-refractivity contribution in [3.63, 3.8) is 0 Å². The molecule has 1 N–H and O–H groups in total. The normalized spacial score (nSPS) is 61.4. The Balaban J connectivity index is 2.45. The molecule has 2 amide bonds. The summed E-state index contributed by atoms with van der Waals surface area (Å²) in [6.45, 7) is -31.1. The van der Waals surface area contributed by atoms with Gasteiger partial charge in [0.1, 0.15) is 0 Å². The van der Waals surface area contributed by atoms with Crippen molar-refractivity contribution in [1.29, 1.82) is 0 Å². The lowest BCUT2D eigenvalue weighted by Crippen LogP contribution is -2.47. The van der Waals surface area contributed by atoms with Crippen LogP contribution in [0.25, 0.3) is 0 Å². The maximum Gasteiger partial charge on any atom is 0.317 e. The maximum atomic E-state index is 13.1. The summed E-state index contributed by atoms with van der Waals surface area (Å²) in [5.74, 6) is -5.18. The first-order valence-electron chi connectivity index (χ1n) is 22.6. The molecule has 7 heteroatoms. The van der Waals surface area contributed by atoms with E-state index in [2.05, 4.69) is 0 Å². The van der Waals surface area contributed by atoms with E-state index in [0.29, 0.717) is 0 Å². The zero-order valence-electron chi connectivity index (χ0n) is 44.5. The van der Waals surface area contributed by atoms with Crippen molar-refractivity contribution in [3.05, 3.63) is 28.2 Å². The van der Waals surface area contributed by atoms with Crippen molar-refractivity contribution in [2.24, 2.45) is 5.89 Å². The molecule has 0 unspecified atom stereocenters. The summed E-state index contributed by atoms with van der Waals surface area (Å²) in [4.78, 5) is 10.3. The smallest absolute Gasteiger partial charge is 0.317 e. The second-order valence-electron chi connectivity index (χ2n) is 4.72. The van der Waals surface area contributed by atoms with Crippen molar-refractivity contribution in [1.82, 2.24) is 15.1 Å². The van der Waals surface area contributed by atoms with Gasteiger partial charge in [-0.15, -0.1) is 0 Å². The Morgan fingerprint density at radius 1 is 1.32 bits per heavy atom. The number of anilines is 1. The van der Waals surface area contributed by atoms with Crippen LogP contribution in [0.4, 0.5) is 10.5 Å². The number of urea groups is 1. The summed E-state index contributed by atoms with van der Waals surface area (Å²) in [6, 6.07) is -10.8. The van der Waals surface area contributed by atoms with E-state index in [1.54, 1.807) is 0 Å². The molecule has 1 saturated heterocycles. The zero-order chi connectivity index (χ0) is 47.5. The van der Waals surface area contributed by atoms with Crippen molar-refractivity contribution < 1.29 is 47.3 Å². The molecular weight excluding hydrogens is 395 g/mol. The lowest BCUT2D eigenvalue weighted by Gasteiger charge is -2.37. The van der Waals surface area contributed by atoms with Crippen LogP contribution >= 0.6 is 23.2 Å². The minimum atomic E-state index is -5.22. The quantitative estimate of drug-likeness (QED) is 0.714. The second kappa shape index (κ2) is 10.0. The largest absolute Gasteiger partial charge is 0.368 e. The number of nitrogens with one attached hydrogen (secondary N) is 1. The average Bonchev–Trinajstić information content (AvgIpc) is 3.00. The molecule has 0 atom stereocenters. The molecule has 1 aliphatic heterocycles. The molecule has 0 aromatic heterocycles. The topological polar surface area (TPSA) is 38.8 Å². The third kappa shape index (κ3) is 5.68. The van der Waals surface area contributed by atoms with Gasteiger partial charge >= 0.3 is 6.03 Å². The molecule has 0 spiro atoms. The van der Waals surface area contributed by atoms with Gasteiger partial charge in [0, 0.05) is 77.5 Å². The van der Waals surface area contributed by atoms with Crippen LogP contribution in [0.15, 0.2) is 18.1 Å². The van der Waals surface area contributed by atoms with E-state index < -0.39 is 145 Å². The molecule has 156 valence electrons. The number of amides is 2. The first-order valence-corrected chi connectivity index (χ1v) is 7.85. The molecule has 1 aromatic rings. The Morgan fingerprint density at radius 3 is 2.71 bits per heavy atom. The summed E-state index contributed by atoms with van der Waals surface area (Å²) >= 11 is 12.0. The first kappa shape index (κ1) is 5.00. The van der Waals surface area contributed by atoms with Crippen LogP contribution in [0, 0.1) is 5.89 Å². The van der Waals surface area contributed by atoms with Gasteiger partial charge in [0.25, 0.3) is 0 Å². The fourth-order valence-corrected chi connectivity index (χ4v) is 1.96. The number of nitrogens with zero attached hydrogens (tertiary/aromatic N) is 3. The van der Waals surface area contributed by atoms with E-state index in [1.165, 1.54) is 0 Å². The van der Waals surface area contributed by atoms with Crippen LogP contribution in [0.5, 0.6) is 0 Å². The second-order valence-corrected chi connectivity index (χ2v) is 5.48. The maximum absolute atomic E-state index is 13.1. The van der Waals surface area contributed by atoms with Gasteiger partial charge in [-0.05, 0) is 56.3 Å². The molecule has 5 nitrogen and oxygen atoms in total. The van der Waals surface area contributed by atoms with Crippen molar-refractivity contribution in [3.8, 4) is 0 Å². The highest BCUT2D eigenvalue weighted by Crippen LogP contribution is 2.33. The number of hydrogen-bond donors (Lipinski definition) is 1. The summed E-state index contributed by atoms with van der Waals surface area (Å²) < 4.78 is 260. The molecule has 0 bridgehead atoms. The Kier molecular flexibility index (Phi) is 1.79. The molecule has 28 heavy (non-hydrogen) atoms. The highest BCUT2D eigenvalue weighted by Gasteiger charge is 2.24. The highest BCUT2D eigenvalue weighted by atomic mass is 35.5. The molecule has 2 aliphatic rings. The number of benzene rings is 1. The van der Waals surface area contributed by atoms with Gasteiger partial charge in [0.2, 0.25) is 0 Å². The van der Waals surface area contributed by atoms with Gasteiger partial charge in [-0.1, -0.05) is 29.2 Å².